The molecule has 23 heavy (non-hydrogen) atoms. The van der Waals surface area contributed by atoms with Crippen molar-refractivity contribution in [1.82, 2.24) is 9.55 Å². The summed E-state index contributed by atoms with van der Waals surface area (Å²) < 4.78 is 7.71. The van der Waals surface area contributed by atoms with Crippen LogP contribution in [0.2, 0.25) is 0 Å². The maximum Gasteiger partial charge on any atom is 0.350 e. The summed E-state index contributed by atoms with van der Waals surface area (Å²) in [7, 11) is 0. The molecule has 4 rings (SSSR count). The van der Waals surface area contributed by atoms with Gasteiger partial charge in [0.25, 0.3) is 0 Å². The first-order chi connectivity index (χ1) is 11.1. The maximum absolute atomic E-state index is 12.4. The Hall–Kier alpha value is -2.30. The van der Waals surface area contributed by atoms with E-state index in [4.69, 9.17) is 4.74 Å². The van der Waals surface area contributed by atoms with Crippen LogP contribution in [0.5, 0.6) is 11.5 Å². The molecule has 1 fully saturated rings. The Morgan fingerprint density at radius 2 is 2.00 bits per heavy atom. The van der Waals surface area contributed by atoms with Gasteiger partial charge in [-0.25, -0.2) is 4.79 Å². The topological polar surface area (TPSA) is 56.2 Å². The molecule has 2 aromatic rings. The average Bonchev–Trinajstić information content (AvgIpc) is 2.53. The molecule has 2 aliphatic rings. The summed E-state index contributed by atoms with van der Waals surface area (Å²) in [6.07, 6.45) is 6.21. The second-order valence-corrected chi connectivity index (χ2v) is 6.78. The molecule has 1 aromatic carbocycles. The number of aryl methyl sites for hydroxylation is 1. The molecule has 1 aromatic heterocycles. The number of hydrogen-bond acceptors (Lipinski definition) is 4. The molecule has 5 nitrogen and oxygen atoms in total. The lowest BCUT2D eigenvalue weighted by Crippen LogP contribution is -2.30. The molecule has 1 aliphatic heterocycles. The van der Waals surface area contributed by atoms with Crippen LogP contribution >= 0.6 is 0 Å². The van der Waals surface area contributed by atoms with Crippen LogP contribution in [0.15, 0.2) is 29.2 Å². The number of ether oxygens (including phenoxy) is 1. The van der Waals surface area contributed by atoms with Crippen molar-refractivity contribution in [3.8, 4) is 11.5 Å². The average molecular weight is 311 g/mol. The highest BCUT2D eigenvalue weighted by molar-refractivity contribution is 5.72. The third kappa shape index (κ3) is 2.60. The smallest absolute Gasteiger partial charge is 0.350 e. The summed E-state index contributed by atoms with van der Waals surface area (Å²) in [4.78, 5) is 16.6. The van der Waals surface area contributed by atoms with E-state index in [1.54, 1.807) is 4.57 Å². The van der Waals surface area contributed by atoms with Gasteiger partial charge in [0.1, 0.15) is 0 Å². The number of aromatic nitrogens is 2. The Labute approximate surface area is 135 Å². The molecule has 0 atom stereocenters. The van der Waals surface area contributed by atoms with Crippen LogP contribution in [0.3, 0.4) is 0 Å². The lowest BCUT2D eigenvalue weighted by molar-refractivity contribution is 0.280. The van der Waals surface area contributed by atoms with Crippen molar-refractivity contribution in [3.05, 3.63) is 40.4 Å². The van der Waals surface area contributed by atoms with E-state index in [2.05, 4.69) is 17.2 Å². The molecule has 1 saturated carbocycles. The number of hydrogen-bond donors (Lipinski definition) is 1. The molecular formula is C18H21N3O2. The van der Waals surface area contributed by atoms with Gasteiger partial charge in [-0.15, -0.1) is 0 Å². The zero-order chi connectivity index (χ0) is 16.0. The van der Waals surface area contributed by atoms with Crippen LogP contribution in [-0.2, 0) is 0 Å². The summed E-state index contributed by atoms with van der Waals surface area (Å²) in [5, 5.41) is 3.21. The predicted octanol–water partition coefficient (Wildman–Crippen LogP) is 4.15. The van der Waals surface area contributed by atoms with E-state index >= 15 is 0 Å². The van der Waals surface area contributed by atoms with Gasteiger partial charge in [-0.1, -0.05) is 13.0 Å². The SMILES string of the molecule is Cc1ccc2c(c1)Nc1nc(=O)n(C3CCC(C)CC3)cc1O2. The van der Waals surface area contributed by atoms with E-state index in [0.717, 1.165) is 48.6 Å². The van der Waals surface area contributed by atoms with Crippen LogP contribution in [-0.4, -0.2) is 9.55 Å². The standard InChI is InChI=1S/C18H21N3O2/c1-11-3-6-13(7-4-11)21-10-16-17(20-18(21)22)19-14-9-12(2)5-8-15(14)23-16/h5,8-11,13H,3-4,6-7H2,1-2H3,(H,19,20,22). The molecule has 120 valence electrons. The fourth-order valence-corrected chi connectivity index (χ4v) is 3.47. The summed E-state index contributed by atoms with van der Waals surface area (Å²) in [6, 6.07) is 6.18. The summed E-state index contributed by atoms with van der Waals surface area (Å²) >= 11 is 0. The Morgan fingerprint density at radius 3 is 2.78 bits per heavy atom. The zero-order valence-corrected chi connectivity index (χ0v) is 13.5. The van der Waals surface area contributed by atoms with Crippen LogP contribution in [0.4, 0.5) is 11.5 Å². The first-order valence-corrected chi connectivity index (χ1v) is 8.29. The van der Waals surface area contributed by atoms with Gasteiger partial charge in [0, 0.05) is 6.04 Å². The van der Waals surface area contributed by atoms with E-state index in [1.165, 1.54) is 0 Å². The molecule has 0 bridgehead atoms. The molecule has 0 radical (unpaired) electrons. The van der Waals surface area contributed by atoms with Gasteiger partial charge in [-0.05, 0) is 56.2 Å². The van der Waals surface area contributed by atoms with E-state index in [9.17, 15) is 4.79 Å². The lowest BCUT2D eigenvalue weighted by atomic mass is 9.87. The highest BCUT2D eigenvalue weighted by Gasteiger charge is 2.24. The van der Waals surface area contributed by atoms with E-state index in [1.807, 2.05) is 31.3 Å². The third-order valence-electron chi connectivity index (χ3n) is 4.90. The molecule has 5 heteroatoms. The number of fused-ring (bicyclic) bond motifs is 2. The van der Waals surface area contributed by atoms with Gasteiger partial charge in [-0.3, -0.25) is 4.57 Å². The van der Waals surface area contributed by atoms with Gasteiger partial charge in [0.15, 0.2) is 17.3 Å². The molecule has 0 amide bonds. The van der Waals surface area contributed by atoms with E-state index in [-0.39, 0.29) is 11.7 Å². The highest BCUT2D eigenvalue weighted by Crippen LogP contribution is 2.41. The van der Waals surface area contributed by atoms with Gasteiger partial charge >= 0.3 is 5.69 Å². The van der Waals surface area contributed by atoms with Crippen molar-refractivity contribution >= 4 is 11.5 Å². The normalized spacial score (nSPS) is 22.5. The molecular weight excluding hydrogens is 290 g/mol. The monoisotopic (exact) mass is 311 g/mol. The maximum atomic E-state index is 12.4. The number of nitrogens with zero attached hydrogens (tertiary/aromatic N) is 2. The first kappa shape index (κ1) is 14.3. The Balaban J connectivity index is 1.68. The van der Waals surface area contributed by atoms with Gasteiger partial charge in [-0.2, -0.15) is 4.98 Å². The lowest BCUT2D eigenvalue weighted by Gasteiger charge is -2.29. The van der Waals surface area contributed by atoms with Crippen molar-refractivity contribution in [2.75, 3.05) is 5.32 Å². The van der Waals surface area contributed by atoms with Crippen molar-refractivity contribution in [1.29, 1.82) is 0 Å². The van der Waals surface area contributed by atoms with Gasteiger partial charge in [0.2, 0.25) is 0 Å². The molecule has 0 saturated heterocycles. The molecule has 1 aliphatic carbocycles. The third-order valence-corrected chi connectivity index (χ3v) is 4.90. The molecule has 1 N–H and O–H groups in total. The first-order valence-electron chi connectivity index (χ1n) is 8.29. The van der Waals surface area contributed by atoms with Crippen molar-refractivity contribution in [2.24, 2.45) is 5.92 Å². The quantitative estimate of drug-likeness (QED) is 0.733. The second-order valence-electron chi connectivity index (χ2n) is 6.78. The van der Waals surface area contributed by atoms with Crippen LogP contribution < -0.4 is 15.7 Å². The minimum absolute atomic E-state index is 0.199. The predicted molar refractivity (Wildman–Crippen MR) is 89.7 cm³/mol. The summed E-state index contributed by atoms with van der Waals surface area (Å²) in [5.41, 5.74) is 1.79. The van der Waals surface area contributed by atoms with Gasteiger partial charge < -0.3 is 10.1 Å². The fraction of sp³-hybridized carbons (Fsp3) is 0.444. The Kier molecular flexibility index (Phi) is 3.36. The summed E-state index contributed by atoms with van der Waals surface area (Å²) in [5.74, 6) is 2.65. The second kappa shape index (κ2) is 5.41. The Bertz CT molecular complexity index is 804. The molecule has 0 spiro atoms. The number of benzene rings is 1. The summed E-state index contributed by atoms with van der Waals surface area (Å²) in [6.45, 7) is 4.29. The Morgan fingerprint density at radius 1 is 1.22 bits per heavy atom. The van der Waals surface area contributed by atoms with Crippen molar-refractivity contribution in [3.63, 3.8) is 0 Å². The van der Waals surface area contributed by atoms with Crippen molar-refractivity contribution in [2.45, 2.75) is 45.6 Å². The van der Waals surface area contributed by atoms with Gasteiger partial charge in [0.05, 0.1) is 11.9 Å². The van der Waals surface area contributed by atoms with Crippen molar-refractivity contribution < 1.29 is 4.74 Å². The van der Waals surface area contributed by atoms with E-state index < -0.39 is 0 Å². The minimum atomic E-state index is -0.199. The number of rotatable bonds is 1. The highest BCUT2D eigenvalue weighted by atomic mass is 16.5. The number of nitrogens with one attached hydrogen (secondary N) is 1. The van der Waals surface area contributed by atoms with E-state index in [0.29, 0.717) is 11.6 Å². The minimum Gasteiger partial charge on any atom is -0.450 e. The molecule has 2 heterocycles. The largest absolute Gasteiger partial charge is 0.450 e. The molecule has 0 unspecified atom stereocenters. The zero-order valence-electron chi connectivity index (χ0n) is 13.5. The van der Waals surface area contributed by atoms with Crippen LogP contribution in [0, 0.1) is 12.8 Å². The van der Waals surface area contributed by atoms with Crippen LogP contribution in [0.25, 0.3) is 0 Å². The number of anilines is 2. The fourth-order valence-electron chi connectivity index (χ4n) is 3.47. The van der Waals surface area contributed by atoms with Crippen LogP contribution in [0.1, 0.15) is 44.2 Å².